The molecule has 0 spiro atoms. The van der Waals surface area contributed by atoms with Gasteiger partial charge in [0.2, 0.25) is 0 Å². The Morgan fingerprint density at radius 3 is 2.59 bits per heavy atom. The van der Waals surface area contributed by atoms with E-state index in [9.17, 15) is 0 Å². The van der Waals surface area contributed by atoms with Crippen molar-refractivity contribution >= 4 is 35.0 Å². The minimum atomic E-state index is 0.565. The van der Waals surface area contributed by atoms with Gasteiger partial charge >= 0.3 is 0 Å². The molecule has 0 radical (unpaired) electrons. The van der Waals surface area contributed by atoms with Gasteiger partial charge in [0.15, 0.2) is 5.82 Å². The van der Waals surface area contributed by atoms with E-state index in [0.29, 0.717) is 10.0 Å². The molecule has 0 aliphatic rings. The third-order valence-corrected chi connectivity index (χ3v) is 4.80. The number of rotatable bonds is 4. The van der Waals surface area contributed by atoms with Crippen molar-refractivity contribution in [1.29, 1.82) is 0 Å². The lowest BCUT2D eigenvalue weighted by Crippen LogP contribution is -2.00. The van der Waals surface area contributed by atoms with Crippen LogP contribution in [0.3, 0.4) is 0 Å². The van der Waals surface area contributed by atoms with Crippen molar-refractivity contribution in [3.8, 4) is 5.82 Å². The molecule has 2 heterocycles. The molecular weight excluding hydrogens is 339 g/mol. The number of hydrogen-bond donors (Lipinski definition) is 0. The number of benzene rings is 1. The molecule has 4 nitrogen and oxygen atoms in total. The van der Waals surface area contributed by atoms with Gasteiger partial charge in [-0.1, -0.05) is 41.0 Å². The third kappa shape index (κ3) is 3.43. The Bertz CT molecular complexity index is 786. The summed E-state index contributed by atoms with van der Waals surface area (Å²) in [5.41, 5.74) is 1.09. The first-order chi connectivity index (χ1) is 10.6. The van der Waals surface area contributed by atoms with Crippen molar-refractivity contribution < 1.29 is 0 Å². The van der Waals surface area contributed by atoms with Crippen molar-refractivity contribution in [2.75, 3.05) is 0 Å². The van der Waals surface area contributed by atoms with E-state index in [1.54, 1.807) is 24.0 Å². The van der Waals surface area contributed by atoms with E-state index in [-0.39, 0.29) is 0 Å². The maximum Gasteiger partial charge on any atom is 0.160 e. The van der Waals surface area contributed by atoms with Crippen LogP contribution in [0.25, 0.3) is 5.82 Å². The summed E-state index contributed by atoms with van der Waals surface area (Å²) in [7, 11) is 0. The molecule has 7 heteroatoms. The molecule has 0 saturated heterocycles. The molecule has 0 amide bonds. The number of halogens is 2. The molecule has 0 aliphatic heterocycles. The lowest BCUT2D eigenvalue weighted by molar-refractivity contribution is 0.841. The van der Waals surface area contributed by atoms with E-state index in [0.717, 1.165) is 28.0 Å². The molecule has 0 saturated carbocycles. The zero-order valence-electron chi connectivity index (χ0n) is 11.7. The third-order valence-electron chi connectivity index (χ3n) is 3.07. The van der Waals surface area contributed by atoms with Crippen molar-refractivity contribution in [1.82, 2.24) is 19.7 Å². The molecule has 0 bridgehead atoms. The topological polar surface area (TPSA) is 43.6 Å². The van der Waals surface area contributed by atoms with Gasteiger partial charge in [-0.05, 0) is 36.8 Å². The number of hydrogen-bond acceptors (Lipinski definition) is 4. The van der Waals surface area contributed by atoms with Gasteiger partial charge in [-0.15, -0.1) is 10.2 Å². The van der Waals surface area contributed by atoms with Crippen molar-refractivity contribution in [2.45, 2.75) is 17.7 Å². The predicted molar refractivity (Wildman–Crippen MR) is 89.9 cm³/mol. The zero-order valence-corrected chi connectivity index (χ0v) is 14.0. The molecule has 0 aliphatic carbocycles. The first-order valence-electron chi connectivity index (χ1n) is 6.54. The monoisotopic (exact) mass is 350 g/mol. The second-order valence-electron chi connectivity index (χ2n) is 4.61. The van der Waals surface area contributed by atoms with Crippen LogP contribution >= 0.6 is 35.0 Å². The highest BCUT2D eigenvalue weighted by atomic mass is 35.5. The molecule has 3 aromatic rings. The number of imidazole rings is 1. The van der Waals surface area contributed by atoms with Crippen LogP contribution in [0.15, 0.2) is 47.8 Å². The average molecular weight is 351 g/mol. The second-order valence-corrected chi connectivity index (χ2v) is 6.42. The van der Waals surface area contributed by atoms with Crippen molar-refractivity contribution in [3.63, 3.8) is 0 Å². The fourth-order valence-electron chi connectivity index (χ4n) is 1.93. The lowest BCUT2D eigenvalue weighted by atomic mass is 10.2. The Morgan fingerprint density at radius 2 is 1.95 bits per heavy atom. The van der Waals surface area contributed by atoms with Gasteiger partial charge in [0, 0.05) is 18.1 Å². The molecule has 0 atom stereocenters. The Morgan fingerprint density at radius 1 is 1.09 bits per heavy atom. The largest absolute Gasteiger partial charge is 0.287 e. The predicted octanol–water partition coefficient (Wildman–Crippen LogP) is 4.57. The van der Waals surface area contributed by atoms with Gasteiger partial charge in [0.1, 0.15) is 10.9 Å². The van der Waals surface area contributed by atoms with Crippen LogP contribution in [0.4, 0.5) is 0 Å². The highest BCUT2D eigenvalue weighted by molar-refractivity contribution is 7.98. The lowest BCUT2D eigenvalue weighted by Gasteiger charge is -2.05. The number of aryl methyl sites for hydroxylation is 1. The van der Waals surface area contributed by atoms with E-state index in [4.69, 9.17) is 23.2 Å². The summed E-state index contributed by atoms with van der Waals surface area (Å²) < 4.78 is 1.89. The SMILES string of the molecule is Cc1nccn1-c1ccc(SCc2ccc(Cl)c(Cl)c2)nn1. The minimum Gasteiger partial charge on any atom is -0.287 e. The van der Waals surface area contributed by atoms with E-state index < -0.39 is 0 Å². The number of aromatic nitrogens is 4. The Labute approximate surface area is 142 Å². The molecule has 112 valence electrons. The van der Waals surface area contributed by atoms with Gasteiger partial charge < -0.3 is 0 Å². The first-order valence-corrected chi connectivity index (χ1v) is 8.28. The maximum absolute atomic E-state index is 6.01. The van der Waals surface area contributed by atoms with Gasteiger partial charge in [0.05, 0.1) is 10.0 Å². The van der Waals surface area contributed by atoms with Crippen LogP contribution in [-0.2, 0) is 5.75 Å². The standard InChI is InChI=1S/C15H12Cl2N4S/c1-10-18-6-7-21(10)14-4-5-15(20-19-14)22-9-11-2-3-12(16)13(17)8-11/h2-8H,9H2,1H3. The zero-order chi connectivity index (χ0) is 15.5. The summed E-state index contributed by atoms with van der Waals surface area (Å²) in [6.45, 7) is 1.93. The van der Waals surface area contributed by atoms with Crippen molar-refractivity contribution in [3.05, 3.63) is 64.2 Å². The van der Waals surface area contributed by atoms with Gasteiger partial charge in [-0.3, -0.25) is 4.57 Å². The van der Waals surface area contributed by atoms with E-state index in [1.807, 2.05) is 42.0 Å². The van der Waals surface area contributed by atoms with Crippen molar-refractivity contribution in [2.24, 2.45) is 0 Å². The second kappa shape index (κ2) is 6.69. The summed E-state index contributed by atoms with van der Waals surface area (Å²) in [5, 5.41) is 10.5. The Balaban J connectivity index is 1.69. The Kier molecular flexibility index (Phi) is 4.66. The highest BCUT2D eigenvalue weighted by Crippen LogP contribution is 2.26. The maximum atomic E-state index is 6.01. The van der Waals surface area contributed by atoms with Crippen LogP contribution in [0.5, 0.6) is 0 Å². The quantitative estimate of drug-likeness (QED) is 0.646. The van der Waals surface area contributed by atoms with Crippen LogP contribution in [0.2, 0.25) is 10.0 Å². The summed E-state index contributed by atoms with van der Waals surface area (Å²) in [6, 6.07) is 9.50. The number of thioether (sulfide) groups is 1. The molecule has 0 fully saturated rings. The molecular formula is C15H12Cl2N4S. The van der Waals surface area contributed by atoms with Crippen LogP contribution in [0.1, 0.15) is 11.4 Å². The normalized spacial score (nSPS) is 10.9. The van der Waals surface area contributed by atoms with Gasteiger partial charge in [-0.25, -0.2) is 4.98 Å². The number of nitrogens with zero attached hydrogens (tertiary/aromatic N) is 4. The molecule has 3 rings (SSSR count). The molecule has 0 unspecified atom stereocenters. The first kappa shape index (κ1) is 15.3. The van der Waals surface area contributed by atoms with E-state index >= 15 is 0 Å². The molecule has 22 heavy (non-hydrogen) atoms. The minimum absolute atomic E-state index is 0.565. The smallest absolute Gasteiger partial charge is 0.160 e. The summed E-state index contributed by atoms with van der Waals surface area (Å²) in [4.78, 5) is 4.17. The molecule has 2 aromatic heterocycles. The van der Waals surface area contributed by atoms with Gasteiger partial charge in [-0.2, -0.15) is 0 Å². The van der Waals surface area contributed by atoms with E-state index in [1.165, 1.54) is 0 Å². The highest BCUT2D eigenvalue weighted by Gasteiger charge is 2.05. The average Bonchev–Trinajstić information content (AvgIpc) is 2.95. The molecule has 1 aromatic carbocycles. The molecule has 0 N–H and O–H groups in total. The van der Waals surface area contributed by atoms with Crippen LogP contribution < -0.4 is 0 Å². The summed E-state index contributed by atoms with van der Waals surface area (Å²) in [5.74, 6) is 2.40. The fourth-order valence-corrected chi connectivity index (χ4v) is 3.00. The fraction of sp³-hybridized carbons (Fsp3) is 0.133. The van der Waals surface area contributed by atoms with Crippen LogP contribution in [0, 0.1) is 6.92 Å². The summed E-state index contributed by atoms with van der Waals surface area (Å²) >= 11 is 13.5. The summed E-state index contributed by atoms with van der Waals surface area (Å²) in [6.07, 6.45) is 3.60. The van der Waals surface area contributed by atoms with Gasteiger partial charge in [0.25, 0.3) is 0 Å². The Hall–Kier alpha value is -1.56. The van der Waals surface area contributed by atoms with E-state index in [2.05, 4.69) is 15.2 Å². The van der Waals surface area contributed by atoms with Crippen LogP contribution in [-0.4, -0.2) is 19.7 Å².